The Hall–Kier alpha value is -1.38. The van der Waals surface area contributed by atoms with E-state index in [1.807, 2.05) is 13.8 Å². The van der Waals surface area contributed by atoms with Gasteiger partial charge in [0.2, 0.25) is 0 Å². The van der Waals surface area contributed by atoms with Crippen LogP contribution < -0.4 is 0 Å². The first-order valence-electron chi connectivity index (χ1n) is 4.86. The number of carbonyl (C=O) groups is 2. The molecule has 0 aliphatic carbocycles. The SMILES string of the molecule is C=CC(=O)CCC(C)(C)COC(=O)C=C. The van der Waals surface area contributed by atoms with Gasteiger partial charge in [-0.25, -0.2) is 4.79 Å². The third kappa shape index (κ3) is 6.66. The Kier molecular flexibility index (Phi) is 5.60. The number of esters is 1. The van der Waals surface area contributed by atoms with Gasteiger partial charge in [0.25, 0.3) is 0 Å². The van der Waals surface area contributed by atoms with Crippen molar-refractivity contribution in [1.29, 1.82) is 0 Å². The zero-order chi connectivity index (χ0) is 11.9. The summed E-state index contributed by atoms with van der Waals surface area (Å²) < 4.78 is 4.93. The molecule has 0 aromatic rings. The topological polar surface area (TPSA) is 43.4 Å². The normalized spacial score (nSPS) is 10.5. The number of hydrogen-bond donors (Lipinski definition) is 0. The molecule has 0 saturated heterocycles. The van der Waals surface area contributed by atoms with Crippen LogP contribution in [0.4, 0.5) is 0 Å². The van der Waals surface area contributed by atoms with Gasteiger partial charge in [0.15, 0.2) is 5.78 Å². The molecule has 0 radical (unpaired) electrons. The van der Waals surface area contributed by atoms with E-state index >= 15 is 0 Å². The van der Waals surface area contributed by atoms with Crippen LogP contribution >= 0.6 is 0 Å². The molecular weight excluding hydrogens is 192 g/mol. The third-order valence-corrected chi connectivity index (χ3v) is 2.05. The summed E-state index contributed by atoms with van der Waals surface area (Å²) in [6.45, 7) is 10.9. The highest BCUT2D eigenvalue weighted by molar-refractivity contribution is 5.89. The van der Waals surface area contributed by atoms with Crippen molar-refractivity contribution in [3.63, 3.8) is 0 Å². The van der Waals surface area contributed by atoms with Crippen molar-refractivity contribution in [3.05, 3.63) is 25.3 Å². The van der Waals surface area contributed by atoms with E-state index in [1.165, 1.54) is 6.08 Å². The quantitative estimate of drug-likeness (QED) is 0.478. The van der Waals surface area contributed by atoms with Crippen molar-refractivity contribution in [2.45, 2.75) is 26.7 Å². The maximum absolute atomic E-state index is 11.0. The molecule has 0 aromatic heterocycles. The van der Waals surface area contributed by atoms with Gasteiger partial charge in [0.05, 0.1) is 6.61 Å². The molecule has 3 heteroatoms. The predicted molar refractivity (Wildman–Crippen MR) is 59.4 cm³/mol. The lowest BCUT2D eigenvalue weighted by Gasteiger charge is -2.23. The number of hydrogen-bond acceptors (Lipinski definition) is 3. The maximum Gasteiger partial charge on any atom is 0.330 e. The van der Waals surface area contributed by atoms with E-state index in [4.69, 9.17) is 4.74 Å². The maximum atomic E-state index is 11.0. The van der Waals surface area contributed by atoms with Crippen LogP contribution in [0, 0.1) is 5.41 Å². The molecule has 0 bridgehead atoms. The van der Waals surface area contributed by atoms with Gasteiger partial charge in [-0.15, -0.1) is 0 Å². The molecular formula is C12H18O3. The standard InChI is InChI=1S/C12H18O3/c1-5-10(13)7-8-12(3,4)9-15-11(14)6-2/h5-6H,1-2,7-9H2,3-4H3. The zero-order valence-corrected chi connectivity index (χ0v) is 9.41. The molecule has 84 valence electrons. The Balaban J connectivity index is 3.95. The van der Waals surface area contributed by atoms with Crippen LogP contribution in [0.3, 0.4) is 0 Å². The molecule has 0 unspecified atom stereocenters. The summed E-state index contributed by atoms with van der Waals surface area (Å²) in [4.78, 5) is 21.8. The zero-order valence-electron chi connectivity index (χ0n) is 9.41. The summed E-state index contributed by atoms with van der Waals surface area (Å²) in [5, 5.41) is 0. The van der Waals surface area contributed by atoms with E-state index in [-0.39, 0.29) is 11.2 Å². The molecule has 15 heavy (non-hydrogen) atoms. The van der Waals surface area contributed by atoms with Crippen molar-refractivity contribution in [3.8, 4) is 0 Å². The van der Waals surface area contributed by atoms with Crippen LogP contribution in [0.5, 0.6) is 0 Å². The van der Waals surface area contributed by atoms with E-state index in [2.05, 4.69) is 13.2 Å². The Morgan fingerprint density at radius 3 is 2.33 bits per heavy atom. The Morgan fingerprint density at radius 1 is 1.27 bits per heavy atom. The van der Waals surface area contributed by atoms with Crippen LogP contribution in [-0.2, 0) is 14.3 Å². The molecule has 0 aliphatic heterocycles. The molecule has 0 N–H and O–H groups in total. The highest BCUT2D eigenvalue weighted by atomic mass is 16.5. The van der Waals surface area contributed by atoms with Crippen LogP contribution in [0.25, 0.3) is 0 Å². The van der Waals surface area contributed by atoms with Crippen molar-refractivity contribution >= 4 is 11.8 Å². The number of ketones is 1. The summed E-state index contributed by atoms with van der Waals surface area (Å²) in [6.07, 6.45) is 3.54. The Bertz CT molecular complexity index is 238. The number of ether oxygens (including phenoxy) is 1. The second-order valence-electron chi connectivity index (χ2n) is 4.15. The van der Waals surface area contributed by atoms with E-state index < -0.39 is 5.97 Å². The monoisotopic (exact) mass is 210 g/mol. The van der Waals surface area contributed by atoms with Gasteiger partial charge in [-0.05, 0) is 17.9 Å². The molecule has 0 spiro atoms. The fourth-order valence-electron chi connectivity index (χ4n) is 0.961. The Labute approximate surface area is 90.8 Å². The second-order valence-corrected chi connectivity index (χ2v) is 4.15. The lowest BCUT2D eigenvalue weighted by Crippen LogP contribution is -2.22. The molecule has 0 aliphatic rings. The smallest absolute Gasteiger partial charge is 0.330 e. The first kappa shape index (κ1) is 13.6. The molecule has 0 heterocycles. The van der Waals surface area contributed by atoms with Crippen molar-refractivity contribution in [1.82, 2.24) is 0 Å². The summed E-state index contributed by atoms with van der Waals surface area (Å²) >= 11 is 0. The van der Waals surface area contributed by atoms with E-state index in [0.29, 0.717) is 19.4 Å². The number of carbonyl (C=O) groups excluding carboxylic acids is 2. The minimum absolute atomic E-state index is 0.0122. The molecule has 0 amide bonds. The molecule has 0 atom stereocenters. The van der Waals surface area contributed by atoms with Crippen molar-refractivity contribution < 1.29 is 14.3 Å². The number of allylic oxidation sites excluding steroid dienone is 1. The fraction of sp³-hybridized carbons (Fsp3) is 0.500. The second kappa shape index (κ2) is 6.17. The van der Waals surface area contributed by atoms with E-state index in [1.54, 1.807) is 0 Å². The van der Waals surface area contributed by atoms with Crippen molar-refractivity contribution in [2.24, 2.45) is 5.41 Å². The van der Waals surface area contributed by atoms with Gasteiger partial charge < -0.3 is 4.74 Å². The minimum atomic E-state index is -0.432. The van der Waals surface area contributed by atoms with Crippen LogP contribution in [0.2, 0.25) is 0 Å². The summed E-state index contributed by atoms with van der Waals surface area (Å²) in [7, 11) is 0. The van der Waals surface area contributed by atoms with Gasteiger partial charge in [-0.2, -0.15) is 0 Å². The summed E-state index contributed by atoms with van der Waals surface area (Å²) in [6, 6.07) is 0. The van der Waals surface area contributed by atoms with E-state index in [9.17, 15) is 9.59 Å². The fourth-order valence-corrected chi connectivity index (χ4v) is 0.961. The van der Waals surface area contributed by atoms with Crippen LogP contribution in [-0.4, -0.2) is 18.4 Å². The van der Waals surface area contributed by atoms with Gasteiger partial charge >= 0.3 is 5.97 Å². The first-order valence-corrected chi connectivity index (χ1v) is 4.86. The largest absolute Gasteiger partial charge is 0.462 e. The predicted octanol–water partition coefficient (Wildman–Crippen LogP) is 2.28. The summed E-state index contributed by atoms with van der Waals surface area (Å²) in [5.74, 6) is -0.420. The molecule has 0 fully saturated rings. The first-order chi connectivity index (χ1) is 6.91. The third-order valence-electron chi connectivity index (χ3n) is 2.05. The Morgan fingerprint density at radius 2 is 1.87 bits per heavy atom. The summed E-state index contributed by atoms with van der Waals surface area (Å²) in [5.41, 5.74) is -0.197. The highest BCUT2D eigenvalue weighted by Gasteiger charge is 2.20. The molecule has 0 rings (SSSR count). The number of rotatable bonds is 7. The lowest BCUT2D eigenvalue weighted by molar-refractivity contribution is -0.140. The molecule has 0 aromatic carbocycles. The van der Waals surface area contributed by atoms with Gasteiger partial charge in [0.1, 0.15) is 0 Å². The van der Waals surface area contributed by atoms with Crippen LogP contribution in [0.15, 0.2) is 25.3 Å². The molecule has 3 nitrogen and oxygen atoms in total. The van der Waals surface area contributed by atoms with Gasteiger partial charge in [0, 0.05) is 12.5 Å². The van der Waals surface area contributed by atoms with Crippen molar-refractivity contribution in [2.75, 3.05) is 6.61 Å². The van der Waals surface area contributed by atoms with E-state index in [0.717, 1.165) is 6.08 Å². The average molecular weight is 210 g/mol. The molecule has 0 saturated carbocycles. The highest BCUT2D eigenvalue weighted by Crippen LogP contribution is 2.22. The van der Waals surface area contributed by atoms with Gasteiger partial charge in [-0.1, -0.05) is 27.0 Å². The van der Waals surface area contributed by atoms with Crippen LogP contribution in [0.1, 0.15) is 26.7 Å². The average Bonchev–Trinajstić information content (AvgIpc) is 2.22. The van der Waals surface area contributed by atoms with Gasteiger partial charge in [-0.3, -0.25) is 4.79 Å². The lowest BCUT2D eigenvalue weighted by atomic mass is 9.88. The minimum Gasteiger partial charge on any atom is -0.462 e.